The maximum atomic E-state index is 12.9. The van der Waals surface area contributed by atoms with Crippen LogP contribution >= 0.6 is 0 Å². The van der Waals surface area contributed by atoms with Crippen LogP contribution in [0.15, 0.2) is 12.3 Å². The van der Waals surface area contributed by atoms with Crippen LogP contribution in [0.4, 0.5) is 0 Å². The van der Waals surface area contributed by atoms with Gasteiger partial charge in [-0.1, -0.05) is 0 Å². The highest BCUT2D eigenvalue weighted by molar-refractivity contribution is 5.89. The van der Waals surface area contributed by atoms with Crippen molar-refractivity contribution in [2.24, 2.45) is 5.92 Å². The summed E-state index contributed by atoms with van der Waals surface area (Å²) < 4.78 is 2.06. The number of carbonyl (C=O) groups excluding carboxylic acids is 2. The first-order chi connectivity index (χ1) is 12.6. The lowest BCUT2D eigenvalue weighted by Crippen LogP contribution is -2.58. The molecule has 1 aromatic rings. The fourth-order valence-electron chi connectivity index (χ4n) is 4.72. The molecule has 7 nitrogen and oxygen atoms in total. The van der Waals surface area contributed by atoms with Crippen molar-refractivity contribution in [3.63, 3.8) is 0 Å². The maximum absolute atomic E-state index is 12.9. The van der Waals surface area contributed by atoms with E-state index in [-0.39, 0.29) is 17.7 Å². The third-order valence-electron chi connectivity index (χ3n) is 6.27. The van der Waals surface area contributed by atoms with Crippen LogP contribution < -0.4 is 0 Å². The van der Waals surface area contributed by atoms with Crippen molar-refractivity contribution < 1.29 is 9.59 Å². The van der Waals surface area contributed by atoms with E-state index in [1.54, 1.807) is 0 Å². The molecule has 1 unspecified atom stereocenters. The van der Waals surface area contributed by atoms with Crippen molar-refractivity contribution in [1.29, 1.82) is 0 Å². The van der Waals surface area contributed by atoms with Gasteiger partial charge in [-0.2, -0.15) is 5.10 Å². The standard InChI is InChI=1S/C19H29N5O2/c1-3-24-17(4-7-20-24)14-5-8-22(9-6-14)19(26)15-10-18(25)23(11-15)16-12-21(2)13-16/h4,7,14-16H,3,5-6,8-13H2,1-2H3. The molecule has 0 aromatic carbocycles. The lowest BCUT2D eigenvalue weighted by Gasteiger charge is -2.42. The summed E-state index contributed by atoms with van der Waals surface area (Å²) >= 11 is 0. The van der Waals surface area contributed by atoms with Crippen molar-refractivity contribution in [1.82, 2.24) is 24.5 Å². The molecule has 3 aliphatic heterocycles. The molecule has 26 heavy (non-hydrogen) atoms. The number of rotatable bonds is 4. The molecule has 4 rings (SSSR count). The molecule has 1 aromatic heterocycles. The van der Waals surface area contributed by atoms with E-state index in [4.69, 9.17) is 0 Å². The normalized spacial score (nSPS) is 25.8. The molecule has 4 heterocycles. The zero-order valence-electron chi connectivity index (χ0n) is 15.8. The summed E-state index contributed by atoms with van der Waals surface area (Å²) in [4.78, 5) is 31.4. The number of likely N-dealkylation sites (N-methyl/N-ethyl adjacent to an activating group) is 1. The first-order valence-corrected chi connectivity index (χ1v) is 9.85. The smallest absolute Gasteiger partial charge is 0.227 e. The number of hydrogen-bond donors (Lipinski definition) is 0. The number of aromatic nitrogens is 2. The molecule has 3 saturated heterocycles. The summed E-state index contributed by atoms with van der Waals surface area (Å²) in [5.74, 6) is 0.666. The zero-order chi connectivity index (χ0) is 18.3. The van der Waals surface area contributed by atoms with E-state index < -0.39 is 0 Å². The number of carbonyl (C=O) groups is 2. The zero-order valence-corrected chi connectivity index (χ0v) is 15.8. The molecule has 2 amide bonds. The predicted octanol–water partition coefficient (Wildman–Crippen LogP) is 0.772. The van der Waals surface area contributed by atoms with Gasteiger partial charge in [0.2, 0.25) is 11.8 Å². The Bertz CT molecular complexity index is 673. The maximum Gasteiger partial charge on any atom is 0.227 e. The molecule has 0 N–H and O–H groups in total. The van der Waals surface area contributed by atoms with Gasteiger partial charge in [-0.25, -0.2) is 0 Å². The average molecular weight is 359 g/mol. The molecule has 3 fully saturated rings. The molecule has 142 valence electrons. The fraction of sp³-hybridized carbons (Fsp3) is 0.737. The Morgan fingerprint density at radius 2 is 1.96 bits per heavy atom. The van der Waals surface area contributed by atoms with Crippen molar-refractivity contribution in [2.75, 3.05) is 39.8 Å². The topological polar surface area (TPSA) is 61.7 Å². The molecule has 7 heteroatoms. The summed E-state index contributed by atoms with van der Waals surface area (Å²) in [5, 5.41) is 4.37. The first kappa shape index (κ1) is 17.5. The number of amides is 2. The van der Waals surface area contributed by atoms with Gasteiger partial charge in [-0.05, 0) is 32.9 Å². The van der Waals surface area contributed by atoms with E-state index in [2.05, 4.69) is 34.7 Å². The van der Waals surface area contributed by atoms with Gasteiger partial charge >= 0.3 is 0 Å². The van der Waals surface area contributed by atoms with Crippen LogP contribution in [0.3, 0.4) is 0 Å². The third kappa shape index (κ3) is 3.13. The van der Waals surface area contributed by atoms with E-state index in [1.165, 1.54) is 5.69 Å². The molecular formula is C19H29N5O2. The quantitative estimate of drug-likeness (QED) is 0.797. The number of hydrogen-bond acceptors (Lipinski definition) is 4. The van der Waals surface area contributed by atoms with Crippen LogP contribution in [0, 0.1) is 5.92 Å². The van der Waals surface area contributed by atoms with Gasteiger partial charge in [-0.15, -0.1) is 0 Å². The Morgan fingerprint density at radius 3 is 2.62 bits per heavy atom. The highest BCUT2D eigenvalue weighted by Crippen LogP contribution is 2.31. The van der Waals surface area contributed by atoms with Crippen molar-refractivity contribution in [3.05, 3.63) is 18.0 Å². The Labute approximate surface area is 154 Å². The van der Waals surface area contributed by atoms with Crippen LogP contribution in [-0.4, -0.2) is 82.1 Å². The Morgan fingerprint density at radius 1 is 1.23 bits per heavy atom. The molecule has 0 bridgehead atoms. The van der Waals surface area contributed by atoms with Crippen LogP contribution in [-0.2, 0) is 16.1 Å². The van der Waals surface area contributed by atoms with Gasteiger partial charge in [0.05, 0.1) is 12.0 Å². The molecule has 0 radical (unpaired) electrons. The third-order valence-corrected chi connectivity index (χ3v) is 6.27. The van der Waals surface area contributed by atoms with Crippen molar-refractivity contribution in [2.45, 2.75) is 44.7 Å². The Kier molecular flexibility index (Phi) is 4.73. The molecular weight excluding hydrogens is 330 g/mol. The fourth-order valence-corrected chi connectivity index (χ4v) is 4.72. The van der Waals surface area contributed by atoms with E-state index >= 15 is 0 Å². The van der Waals surface area contributed by atoms with E-state index in [9.17, 15) is 9.59 Å². The number of nitrogens with zero attached hydrogens (tertiary/aromatic N) is 5. The summed E-state index contributed by atoms with van der Waals surface area (Å²) in [5.41, 5.74) is 1.29. The lowest BCUT2D eigenvalue weighted by molar-refractivity contribution is -0.136. The Balaban J connectivity index is 1.32. The van der Waals surface area contributed by atoms with Crippen LogP contribution in [0.2, 0.25) is 0 Å². The largest absolute Gasteiger partial charge is 0.342 e. The van der Waals surface area contributed by atoms with Gasteiger partial charge < -0.3 is 14.7 Å². The highest BCUT2D eigenvalue weighted by atomic mass is 16.2. The monoisotopic (exact) mass is 359 g/mol. The molecule has 0 aliphatic carbocycles. The second kappa shape index (κ2) is 7.02. The van der Waals surface area contributed by atoms with Crippen LogP contribution in [0.25, 0.3) is 0 Å². The van der Waals surface area contributed by atoms with E-state index in [0.717, 1.165) is 45.6 Å². The van der Waals surface area contributed by atoms with Gasteiger partial charge in [0.1, 0.15) is 0 Å². The SMILES string of the molecule is CCn1nccc1C1CCN(C(=O)C2CC(=O)N(C3CN(C)C3)C2)CC1. The minimum atomic E-state index is -0.147. The van der Waals surface area contributed by atoms with Gasteiger partial charge in [-0.3, -0.25) is 14.3 Å². The van der Waals surface area contributed by atoms with Crippen LogP contribution in [0.5, 0.6) is 0 Å². The average Bonchev–Trinajstić information content (AvgIpc) is 3.25. The molecule has 0 spiro atoms. The van der Waals surface area contributed by atoms with Crippen molar-refractivity contribution >= 4 is 11.8 Å². The van der Waals surface area contributed by atoms with Gasteiger partial charge in [0, 0.05) is 63.5 Å². The van der Waals surface area contributed by atoms with Gasteiger partial charge in [0.25, 0.3) is 0 Å². The van der Waals surface area contributed by atoms with E-state index in [0.29, 0.717) is 24.9 Å². The second-order valence-electron chi connectivity index (χ2n) is 7.99. The minimum absolute atomic E-state index is 0.147. The summed E-state index contributed by atoms with van der Waals surface area (Å²) in [7, 11) is 2.06. The van der Waals surface area contributed by atoms with E-state index in [1.807, 2.05) is 16.0 Å². The number of aryl methyl sites for hydroxylation is 1. The predicted molar refractivity (Wildman–Crippen MR) is 97.6 cm³/mol. The highest BCUT2D eigenvalue weighted by Gasteiger charge is 2.42. The minimum Gasteiger partial charge on any atom is -0.342 e. The Hall–Kier alpha value is -1.89. The first-order valence-electron chi connectivity index (χ1n) is 9.85. The van der Waals surface area contributed by atoms with Crippen LogP contribution in [0.1, 0.15) is 37.8 Å². The number of piperidine rings is 1. The summed E-state index contributed by atoms with van der Waals surface area (Å²) in [6.07, 6.45) is 4.22. The van der Waals surface area contributed by atoms with Gasteiger partial charge in [0.15, 0.2) is 0 Å². The second-order valence-corrected chi connectivity index (χ2v) is 7.99. The molecule has 1 atom stereocenters. The summed E-state index contributed by atoms with van der Waals surface area (Å²) in [6.45, 7) is 7.05. The lowest BCUT2D eigenvalue weighted by atomic mass is 9.92. The van der Waals surface area contributed by atoms with Crippen molar-refractivity contribution in [3.8, 4) is 0 Å². The molecule has 0 saturated carbocycles. The number of likely N-dealkylation sites (tertiary alicyclic amines) is 3. The molecule has 3 aliphatic rings. The summed E-state index contributed by atoms with van der Waals surface area (Å²) in [6, 6.07) is 2.42.